The minimum absolute atomic E-state index is 0.000724. The van der Waals surface area contributed by atoms with E-state index >= 15 is 0 Å². The Morgan fingerprint density at radius 3 is 2.96 bits per heavy atom. The molecule has 3 heterocycles. The zero-order valence-electron chi connectivity index (χ0n) is 14.4. The van der Waals surface area contributed by atoms with E-state index in [0.29, 0.717) is 5.56 Å². The average Bonchev–Trinajstić information content (AvgIpc) is 3.14. The molecule has 1 aliphatic heterocycles. The molecule has 1 fully saturated rings. The lowest BCUT2D eigenvalue weighted by atomic mass is 10.1. The number of nitrogens with zero attached hydrogens (tertiary/aromatic N) is 5. The number of nitrogens with two attached hydrogens (primary N) is 1. The number of likely N-dealkylation sites (tertiary alicyclic amines) is 1. The number of aryl methyl sites for hydroxylation is 1. The van der Waals surface area contributed by atoms with Crippen molar-refractivity contribution < 1.29 is 4.79 Å². The van der Waals surface area contributed by atoms with Crippen molar-refractivity contribution in [1.29, 1.82) is 0 Å². The SMILES string of the molecule is CN(C)Cc1cc([C@@H]2CCCN2C(=O)c2cccnc2N)nn1C. The number of carbonyl (C=O) groups is 1. The van der Waals surface area contributed by atoms with Crippen molar-refractivity contribution in [2.75, 3.05) is 26.4 Å². The van der Waals surface area contributed by atoms with Crippen LogP contribution < -0.4 is 5.73 Å². The molecule has 7 heteroatoms. The molecule has 0 radical (unpaired) electrons. The molecular formula is C17H24N6O. The van der Waals surface area contributed by atoms with Crippen LogP contribution in [0, 0.1) is 0 Å². The Morgan fingerprint density at radius 2 is 2.25 bits per heavy atom. The standard InChI is InChI=1S/C17H24N6O/c1-21(2)11-12-10-14(20-22(12)3)15-7-5-9-23(15)17(24)13-6-4-8-19-16(13)18/h4,6,8,10,15H,5,7,9,11H2,1-3H3,(H2,18,19)/t15-/m0/s1. The van der Waals surface area contributed by atoms with Gasteiger partial charge >= 0.3 is 0 Å². The lowest BCUT2D eigenvalue weighted by Gasteiger charge is -2.23. The molecule has 2 aromatic rings. The quantitative estimate of drug-likeness (QED) is 0.918. The number of carbonyl (C=O) groups excluding carboxylic acids is 1. The van der Waals surface area contributed by atoms with Crippen LogP contribution in [0.3, 0.4) is 0 Å². The first-order valence-corrected chi connectivity index (χ1v) is 8.16. The molecule has 1 atom stereocenters. The molecule has 0 saturated carbocycles. The third-order valence-electron chi connectivity index (χ3n) is 4.40. The summed E-state index contributed by atoms with van der Waals surface area (Å²) in [6, 6.07) is 5.57. The highest BCUT2D eigenvalue weighted by Crippen LogP contribution is 2.33. The highest BCUT2D eigenvalue weighted by molar-refractivity contribution is 5.98. The van der Waals surface area contributed by atoms with E-state index in [0.717, 1.165) is 37.3 Å². The molecule has 24 heavy (non-hydrogen) atoms. The molecule has 0 bridgehead atoms. The van der Waals surface area contributed by atoms with E-state index in [1.54, 1.807) is 18.3 Å². The van der Waals surface area contributed by atoms with Crippen LogP contribution in [0.25, 0.3) is 0 Å². The van der Waals surface area contributed by atoms with Gasteiger partial charge in [0.25, 0.3) is 5.91 Å². The fraction of sp³-hybridized carbons (Fsp3) is 0.471. The number of nitrogen functional groups attached to an aromatic ring is 1. The van der Waals surface area contributed by atoms with Gasteiger partial charge in [-0.25, -0.2) is 4.98 Å². The van der Waals surface area contributed by atoms with Crippen molar-refractivity contribution in [3.8, 4) is 0 Å². The summed E-state index contributed by atoms with van der Waals surface area (Å²) >= 11 is 0. The summed E-state index contributed by atoms with van der Waals surface area (Å²) in [5, 5.41) is 4.64. The summed E-state index contributed by atoms with van der Waals surface area (Å²) in [7, 11) is 6.01. The maximum atomic E-state index is 12.9. The van der Waals surface area contributed by atoms with Gasteiger partial charge in [0, 0.05) is 26.3 Å². The summed E-state index contributed by atoms with van der Waals surface area (Å²) in [6.07, 6.45) is 3.49. The first-order chi connectivity index (χ1) is 11.5. The molecule has 0 unspecified atom stereocenters. The van der Waals surface area contributed by atoms with Crippen LogP contribution in [0.2, 0.25) is 0 Å². The molecule has 128 valence electrons. The molecule has 1 amide bonds. The number of aromatic nitrogens is 3. The first-order valence-electron chi connectivity index (χ1n) is 8.16. The first kappa shape index (κ1) is 16.4. The molecule has 7 nitrogen and oxygen atoms in total. The van der Waals surface area contributed by atoms with Crippen molar-refractivity contribution in [1.82, 2.24) is 24.6 Å². The van der Waals surface area contributed by atoms with Gasteiger partial charge in [0.2, 0.25) is 0 Å². The number of rotatable bonds is 4. The lowest BCUT2D eigenvalue weighted by Crippen LogP contribution is -2.31. The summed E-state index contributed by atoms with van der Waals surface area (Å²) in [5.41, 5.74) is 8.42. The van der Waals surface area contributed by atoms with Gasteiger partial charge in [-0.1, -0.05) is 0 Å². The number of hydrogen-bond acceptors (Lipinski definition) is 5. The van der Waals surface area contributed by atoms with E-state index < -0.39 is 0 Å². The van der Waals surface area contributed by atoms with Crippen LogP contribution in [0.4, 0.5) is 5.82 Å². The van der Waals surface area contributed by atoms with Crippen molar-refractivity contribution in [2.24, 2.45) is 7.05 Å². The third-order valence-corrected chi connectivity index (χ3v) is 4.40. The Morgan fingerprint density at radius 1 is 1.46 bits per heavy atom. The van der Waals surface area contributed by atoms with E-state index in [-0.39, 0.29) is 17.8 Å². The maximum absolute atomic E-state index is 12.9. The monoisotopic (exact) mass is 328 g/mol. The highest BCUT2D eigenvalue weighted by Gasteiger charge is 2.33. The third kappa shape index (κ3) is 3.12. The topological polar surface area (TPSA) is 80.3 Å². The zero-order valence-corrected chi connectivity index (χ0v) is 14.4. The predicted octanol–water partition coefficient (Wildman–Crippen LogP) is 1.44. The Kier molecular flexibility index (Phi) is 4.53. The van der Waals surface area contributed by atoms with Gasteiger partial charge in [0.15, 0.2) is 0 Å². The van der Waals surface area contributed by atoms with Gasteiger partial charge in [-0.3, -0.25) is 9.48 Å². The minimum Gasteiger partial charge on any atom is -0.383 e. The van der Waals surface area contributed by atoms with E-state index in [1.165, 1.54) is 0 Å². The molecule has 1 aliphatic rings. The summed E-state index contributed by atoms with van der Waals surface area (Å²) in [5.74, 6) is 0.213. The predicted molar refractivity (Wildman–Crippen MR) is 92.3 cm³/mol. The number of pyridine rings is 1. The second-order valence-corrected chi connectivity index (χ2v) is 6.51. The normalized spacial score (nSPS) is 17.7. The summed E-state index contributed by atoms with van der Waals surface area (Å²) in [4.78, 5) is 20.9. The maximum Gasteiger partial charge on any atom is 0.258 e. The van der Waals surface area contributed by atoms with Gasteiger partial charge in [-0.2, -0.15) is 5.10 Å². The Balaban J connectivity index is 1.86. The molecular weight excluding hydrogens is 304 g/mol. The Labute approximate surface area is 142 Å². The number of hydrogen-bond donors (Lipinski definition) is 1. The Bertz CT molecular complexity index is 738. The van der Waals surface area contributed by atoms with E-state index in [9.17, 15) is 4.79 Å². The van der Waals surface area contributed by atoms with Crippen LogP contribution in [-0.4, -0.2) is 51.1 Å². The van der Waals surface area contributed by atoms with Crippen molar-refractivity contribution in [2.45, 2.75) is 25.4 Å². The second-order valence-electron chi connectivity index (χ2n) is 6.51. The van der Waals surface area contributed by atoms with Crippen molar-refractivity contribution in [3.05, 3.63) is 41.3 Å². The smallest absolute Gasteiger partial charge is 0.258 e. The van der Waals surface area contributed by atoms with Crippen LogP contribution in [-0.2, 0) is 13.6 Å². The van der Waals surface area contributed by atoms with Gasteiger partial charge in [-0.05, 0) is 45.1 Å². The summed E-state index contributed by atoms with van der Waals surface area (Å²) in [6.45, 7) is 1.54. The van der Waals surface area contributed by atoms with Gasteiger partial charge < -0.3 is 15.5 Å². The average molecular weight is 328 g/mol. The second kappa shape index (κ2) is 6.60. The number of amides is 1. The highest BCUT2D eigenvalue weighted by atomic mass is 16.2. The largest absolute Gasteiger partial charge is 0.383 e. The lowest BCUT2D eigenvalue weighted by molar-refractivity contribution is 0.0733. The fourth-order valence-electron chi connectivity index (χ4n) is 3.24. The Hall–Kier alpha value is -2.41. The van der Waals surface area contributed by atoms with Crippen molar-refractivity contribution in [3.63, 3.8) is 0 Å². The molecule has 3 rings (SSSR count). The molecule has 0 spiro atoms. The molecule has 2 aromatic heterocycles. The minimum atomic E-state index is -0.0667. The summed E-state index contributed by atoms with van der Waals surface area (Å²) < 4.78 is 1.90. The molecule has 0 aromatic carbocycles. The number of anilines is 1. The van der Waals surface area contributed by atoms with Crippen LogP contribution >= 0.6 is 0 Å². The fourth-order valence-corrected chi connectivity index (χ4v) is 3.24. The van der Waals surface area contributed by atoms with Crippen LogP contribution in [0.15, 0.2) is 24.4 Å². The van der Waals surface area contributed by atoms with Gasteiger partial charge in [0.1, 0.15) is 5.82 Å². The van der Waals surface area contributed by atoms with E-state index in [4.69, 9.17) is 5.73 Å². The van der Waals surface area contributed by atoms with Gasteiger partial charge in [-0.15, -0.1) is 0 Å². The van der Waals surface area contributed by atoms with Crippen molar-refractivity contribution >= 4 is 11.7 Å². The van der Waals surface area contributed by atoms with Crippen LogP contribution in [0.1, 0.15) is 40.6 Å². The van der Waals surface area contributed by atoms with E-state index in [1.807, 2.05) is 30.7 Å². The molecule has 0 aliphatic carbocycles. The molecule has 2 N–H and O–H groups in total. The molecule has 1 saturated heterocycles. The zero-order chi connectivity index (χ0) is 17.3. The van der Waals surface area contributed by atoms with Gasteiger partial charge in [0.05, 0.1) is 23.0 Å². The van der Waals surface area contributed by atoms with E-state index in [2.05, 4.69) is 21.0 Å². The van der Waals surface area contributed by atoms with Crippen LogP contribution in [0.5, 0.6) is 0 Å².